The van der Waals surface area contributed by atoms with Gasteiger partial charge in [-0.3, -0.25) is 14.5 Å². The molecule has 0 unspecified atom stereocenters. The Kier molecular flexibility index (Phi) is 5.37. The van der Waals surface area contributed by atoms with E-state index in [9.17, 15) is 9.59 Å². The molecule has 1 saturated heterocycles. The number of thiophene rings is 1. The summed E-state index contributed by atoms with van der Waals surface area (Å²) in [6, 6.07) is 8.26. The van der Waals surface area contributed by atoms with E-state index in [4.69, 9.17) is 10.5 Å². The van der Waals surface area contributed by atoms with Gasteiger partial charge in [-0.1, -0.05) is 12.1 Å². The molecule has 0 spiro atoms. The predicted molar refractivity (Wildman–Crippen MR) is 110 cm³/mol. The van der Waals surface area contributed by atoms with Crippen molar-refractivity contribution in [3.8, 4) is 5.75 Å². The molecule has 0 radical (unpaired) electrons. The van der Waals surface area contributed by atoms with Crippen LogP contribution in [0.5, 0.6) is 5.75 Å². The molecule has 1 fully saturated rings. The molecule has 28 heavy (non-hydrogen) atoms. The molecule has 3 N–H and O–H groups in total. The lowest BCUT2D eigenvalue weighted by atomic mass is 10.0. The molecule has 2 aliphatic rings. The van der Waals surface area contributed by atoms with Gasteiger partial charge in [0.25, 0.3) is 5.91 Å². The third-order valence-corrected chi connectivity index (χ3v) is 6.84. The van der Waals surface area contributed by atoms with Crippen molar-refractivity contribution in [3.05, 3.63) is 45.8 Å². The quantitative estimate of drug-likeness (QED) is 0.782. The molecule has 4 rings (SSSR count). The Morgan fingerprint density at radius 1 is 1.25 bits per heavy atom. The molecule has 1 atom stereocenters. The highest BCUT2D eigenvalue weighted by atomic mass is 32.1. The van der Waals surface area contributed by atoms with Crippen molar-refractivity contribution < 1.29 is 14.3 Å². The van der Waals surface area contributed by atoms with Gasteiger partial charge in [0.2, 0.25) is 5.91 Å². The zero-order valence-corrected chi connectivity index (χ0v) is 16.8. The fourth-order valence-electron chi connectivity index (χ4n) is 4.32. The molecule has 6 nitrogen and oxygen atoms in total. The van der Waals surface area contributed by atoms with Gasteiger partial charge in [0, 0.05) is 10.9 Å². The van der Waals surface area contributed by atoms with Crippen LogP contribution >= 0.6 is 11.3 Å². The molecule has 2 heterocycles. The number of carbonyl (C=O) groups excluding carboxylic acids is 2. The molecular weight excluding hydrogens is 374 g/mol. The van der Waals surface area contributed by atoms with Crippen LogP contribution in [-0.2, 0) is 17.6 Å². The maximum absolute atomic E-state index is 12.7. The number of hydrogen-bond acceptors (Lipinski definition) is 5. The van der Waals surface area contributed by atoms with E-state index in [1.807, 2.05) is 12.1 Å². The average Bonchev–Trinajstić information content (AvgIpc) is 3.37. The Morgan fingerprint density at radius 2 is 2.04 bits per heavy atom. The van der Waals surface area contributed by atoms with Crippen LogP contribution in [0.3, 0.4) is 0 Å². The normalized spacial score (nSPS) is 18.8. The lowest BCUT2D eigenvalue weighted by Crippen LogP contribution is -2.33. The number of rotatable bonds is 6. The van der Waals surface area contributed by atoms with Crippen molar-refractivity contribution in [2.24, 2.45) is 5.73 Å². The topological polar surface area (TPSA) is 84.7 Å². The maximum atomic E-state index is 12.7. The molecular formula is C21H25N3O3S. The highest BCUT2D eigenvalue weighted by Crippen LogP contribution is 2.39. The Hall–Kier alpha value is -2.38. The van der Waals surface area contributed by atoms with Gasteiger partial charge in [-0.05, 0) is 61.9 Å². The number of aryl methyl sites for hydroxylation is 1. The van der Waals surface area contributed by atoms with E-state index in [0.717, 1.165) is 50.0 Å². The molecule has 2 amide bonds. The number of nitrogens with zero attached hydrogens (tertiary/aromatic N) is 1. The van der Waals surface area contributed by atoms with Crippen LogP contribution in [0.25, 0.3) is 0 Å². The molecule has 7 heteroatoms. The highest BCUT2D eigenvalue weighted by Gasteiger charge is 2.29. The molecule has 1 aliphatic carbocycles. The van der Waals surface area contributed by atoms with E-state index >= 15 is 0 Å². The van der Waals surface area contributed by atoms with Crippen molar-refractivity contribution in [1.82, 2.24) is 4.90 Å². The number of primary amides is 1. The van der Waals surface area contributed by atoms with Gasteiger partial charge in [-0.15, -0.1) is 11.3 Å². The number of nitrogens with two attached hydrogens (primary N) is 1. The van der Waals surface area contributed by atoms with E-state index in [1.165, 1.54) is 21.8 Å². The fourth-order valence-corrected chi connectivity index (χ4v) is 5.63. The number of carbonyl (C=O) groups is 2. The molecule has 2 aromatic rings. The van der Waals surface area contributed by atoms with Gasteiger partial charge in [0.05, 0.1) is 19.2 Å². The molecule has 148 valence electrons. The first-order valence-corrected chi connectivity index (χ1v) is 10.5. The lowest BCUT2D eigenvalue weighted by molar-refractivity contribution is -0.117. The second-order valence-corrected chi connectivity index (χ2v) is 8.48. The van der Waals surface area contributed by atoms with Crippen molar-refractivity contribution in [3.63, 3.8) is 0 Å². The van der Waals surface area contributed by atoms with Crippen LogP contribution in [0.15, 0.2) is 24.3 Å². The second-order valence-electron chi connectivity index (χ2n) is 7.38. The first-order chi connectivity index (χ1) is 13.6. The van der Waals surface area contributed by atoms with Crippen LogP contribution in [0.4, 0.5) is 5.00 Å². The van der Waals surface area contributed by atoms with Gasteiger partial charge >= 0.3 is 0 Å². The van der Waals surface area contributed by atoms with E-state index in [2.05, 4.69) is 22.3 Å². The largest absolute Gasteiger partial charge is 0.497 e. The Balaban J connectivity index is 1.45. The smallest absolute Gasteiger partial charge is 0.251 e. The van der Waals surface area contributed by atoms with E-state index < -0.39 is 5.91 Å². The van der Waals surface area contributed by atoms with Gasteiger partial charge < -0.3 is 15.8 Å². The molecule has 1 aliphatic heterocycles. The summed E-state index contributed by atoms with van der Waals surface area (Å²) in [5.74, 6) is 0.283. The van der Waals surface area contributed by atoms with E-state index in [-0.39, 0.29) is 11.9 Å². The lowest BCUT2D eigenvalue weighted by Gasteiger charge is -2.24. The number of hydrogen-bond donors (Lipinski definition) is 2. The zero-order valence-electron chi connectivity index (χ0n) is 16.0. The third kappa shape index (κ3) is 3.64. The Morgan fingerprint density at radius 3 is 2.75 bits per heavy atom. The van der Waals surface area contributed by atoms with Crippen LogP contribution in [-0.4, -0.2) is 36.9 Å². The highest BCUT2D eigenvalue weighted by molar-refractivity contribution is 7.17. The van der Waals surface area contributed by atoms with Crippen molar-refractivity contribution in [1.29, 1.82) is 0 Å². The number of amides is 2. The van der Waals surface area contributed by atoms with Crippen molar-refractivity contribution >= 4 is 28.2 Å². The first-order valence-electron chi connectivity index (χ1n) is 9.69. The van der Waals surface area contributed by atoms with Gasteiger partial charge in [-0.25, -0.2) is 0 Å². The number of anilines is 1. The average molecular weight is 400 g/mol. The van der Waals surface area contributed by atoms with Crippen LogP contribution in [0.1, 0.15) is 51.7 Å². The molecule has 0 bridgehead atoms. The predicted octanol–water partition coefficient (Wildman–Crippen LogP) is 3.12. The summed E-state index contributed by atoms with van der Waals surface area (Å²) in [7, 11) is 1.65. The minimum absolute atomic E-state index is 0.0946. The van der Waals surface area contributed by atoms with Crippen molar-refractivity contribution in [2.75, 3.05) is 25.5 Å². The summed E-state index contributed by atoms with van der Waals surface area (Å²) in [5, 5.41) is 3.57. The maximum Gasteiger partial charge on any atom is 0.251 e. The third-order valence-electron chi connectivity index (χ3n) is 5.63. The van der Waals surface area contributed by atoms with E-state index in [1.54, 1.807) is 7.11 Å². The molecule has 0 saturated carbocycles. The number of methoxy groups -OCH3 is 1. The van der Waals surface area contributed by atoms with Crippen molar-refractivity contribution in [2.45, 2.75) is 38.1 Å². The van der Waals surface area contributed by atoms with Gasteiger partial charge in [-0.2, -0.15) is 0 Å². The standard InChI is InChI=1S/C21H25N3O3S/c1-27-14-9-7-13(8-10-14)16-5-3-11-24(16)12-18(25)23-21-19(20(22)26)15-4-2-6-17(15)28-21/h7-10,16H,2-6,11-12H2,1H3,(H2,22,26)(H,23,25)/t16-/m1/s1. The summed E-state index contributed by atoms with van der Waals surface area (Å²) in [4.78, 5) is 28.0. The number of benzene rings is 1. The monoisotopic (exact) mass is 399 g/mol. The summed E-state index contributed by atoms with van der Waals surface area (Å²) < 4.78 is 5.23. The summed E-state index contributed by atoms with van der Waals surface area (Å²) in [6.45, 7) is 1.19. The second kappa shape index (κ2) is 7.93. The Bertz CT molecular complexity index is 891. The minimum atomic E-state index is -0.452. The van der Waals surface area contributed by atoms with Crippen LogP contribution in [0, 0.1) is 0 Å². The zero-order chi connectivity index (χ0) is 19.7. The van der Waals surface area contributed by atoms with Gasteiger partial charge in [0.1, 0.15) is 10.8 Å². The summed E-state index contributed by atoms with van der Waals surface area (Å²) in [6.07, 6.45) is 4.96. The fraction of sp³-hybridized carbons (Fsp3) is 0.429. The van der Waals surface area contributed by atoms with Crippen LogP contribution < -0.4 is 15.8 Å². The molecule has 1 aromatic heterocycles. The summed E-state index contributed by atoms with van der Waals surface area (Å²) in [5.41, 5.74) is 8.33. The first kappa shape index (κ1) is 19.0. The minimum Gasteiger partial charge on any atom is -0.497 e. The molecule has 1 aromatic carbocycles. The number of fused-ring (bicyclic) bond motifs is 1. The SMILES string of the molecule is COc1ccc([C@H]2CCCN2CC(=O)Nc2sc3c(c2C(N)=O)CCC3)cc1. The van der Waals surface area contributed by atoms with Crippen LogP contribution in [0.2, 0.25) is 0 Å². The Labute approximate surface area is 168 Å². The number of nitrogens with one attached hydrogen (secondary N) is 1. The number of ether oxygens (including phenoxy) is 1. The van der Waals surface area contributed by atoms with Gasteiger partial charge in [0.15, 0.2) is 0 Å². The van der Waals surface area contributed by atoms with E-state index in [0.29, 0.717) is 17.1 Å². The number of likely N-dealkylation sites (tertiary alicyclic amines) is 1. The summed E-state index contributed by atoms with van der Waals surface area (Å²) >= 11 is 1.50.